The van der Waals surface area contributed by atoms with Gasteiger partial charge in [-0.2, -0.15) is 0 Å². The minimum absolute atomic E-state index is 0.0198. The van der Waals surface area contributed by atoms with Crippen molar-refractivity contribution in [3.63, 3.8) is 0 Å². The standard InChI is InChI=1S/C17H18N4O/c1-13-15-5-4-7-19(15)9-10-20(13)12-14-11-17(22)21-8-3-2-6-16(21)18-14/h2-8,11,13H,9-10,12H2,1H3. The summed E-state index contributed by atoms with van der Waals surface area (Å²) in [6, 6.07) is 11.9. The molecule has 4 heterocycles. The molecule has 0 aliphatic carbocycles. The molecule has 0 aromatic carbocycles. The lowest BCUT2D eigenvalue weighted by Gasteiger charge is -2.34. The van der Waals surface area contributed by atoms with Crippen molar-refractivity contribution in [2.45, 2.75) is 26.1 Å². The molecule has 4 rings (SSSR count). The second-order valence-electron chi connectivity index (χ2n) is 5.79. The molecule has 0 bridgehead atoms. The van der Waals surface area contributed by atoms with Gasteiger partial charge in [0.15, 0.2) is 0 Å². The molecule has 0 fully saturated rings. The quantitative estimate of drug-likeness (QED) is 0.726. The zero-order valence-corrected chi connectivity index (χ0v) is 12.5. The van der Waals surface area contributed by atoms with Crippen LogP contribution in [0.1, 0.15) is 24.4 Å². The Hall–Kier alpha value is -2.40. The average molecular weight is 294 g/mol. The predicted molar refractivity (Wildman–Crippen MR) is 84.7 cm³/mol. The molecule has 0 N–H and O–H groups in total. The monoisotopic (exact) mass is 294 g/mol. The van der Waals surface area contributed by atoms with Crippen LogP contribution in [0, 0.1) is 0 Å². The second-order valence-corrected chi connectivity index (χ2v) is 5.79. The summed E-state index contributed by atoms with van der Waals surface area (Å²) in [6.07, 6.45) is 3.88. The van der Waals surface area contributed by atoms with Crippen LogP contribution in [-0.2, 0) is 13.1 Å². The Labute approximate surface area is 128 Å². The van der Waals surface area contributed by atoms with E-state index in [1.165, 1.54) is 5.69 Å². The van der Waals surface area contributed by atoms with Crippen LogP contribution in [0.4, 0.5) is 0 Å². The number of aromatic nitrogens is 3. The highest BCUT2D eigenvalue weighted by Crippen LogP contribution is 2.26. The Morgan fingerprint density at radius 1 is 1.18 bits per heavy atom. The SMILES string of the molecule is CC1c2cccn2CCN1Cc1cc(=O)n2ccccc2n1. The fourth-order valence-electron chi connectivity index (χ4n) is 3.24. The van der Waals surface area contributed by atoms with Crippen LogP contribution >= 0.6 is 0 Å². The molecular formula is C17H18N4O. The molecule has 1 unspecified atom stereocenters. The Bertz CT molecular complexity index is 879. The molecule has 3 aromatic heterocycles. The Kier molecular flexibility index (Phi) is 3.08. The van der Waals surface area contributed by atoms with E-state index in [9.17, 15) is 4.79 Å². The van der Waals surface area contributed by atoms with Crippen molar-refractivity contribution in [3.8, 4) is 0 Å². The summed E-state index contributed by atoms with van der Waals surface area (Å²) in [5.41, 5.74) is 2.85. The van der Waals surface area contributed by atoms with Crippen LogP contribution < -0.4 is 5.56 Å². The predicted octanol–water partition coefficient (Wildman–Crippen LogP) is 2.07. The Balaban J connectivity index is 1.66. The van der Waals surface area contributed by atoms with Gasteiger partial charge in [0.1, 0.15) is 5.65 Å². The van der Waals surface area contributed by atoms with Crippen LogP contribution in [0.5, 0.6) is 0 Å². The van der Waals surface area contributed by atoms with Crippen LogP contribution in [0.15, 0.2) is 53.6 Å². The second kappa shape index (κ2) is 5.10. The average Bonchev–Trinajstić information content (AvgIpc) is 3.00. The molecular weight excluding hydrogens is 276 g/mol. The molecule has 0 saturated heterocycles. The van der Waals surface area contributed by atoms with Crippen LogP contribution in [0.25, 0.3) is 5.65 Å². The van der Waals surface area contributed by atoms with Crippen molar-refractivity contribution >= 4 is 5.65 Å². The molecule has 0 radical (unpaired) electrons. The first-order chi connectivity index (χ1) is 10.7. The van der Waals surface area contributed by atoms with Crippen molar-refractivity contribution in [3.05, 3.63) is 70.5 Å². The highest BCUT2D eigenvalue weighted by molar-refractivity contribution is 5.38. The molecule has 22 heavy (non-hydrogen) atoms. The fraction of sp³-hybridized carbons (Fsp3) is 0.294. The fourth-order valence-corrected chi connectivity index (χ4v) is 3.24. The minimum atomic E-state index is -0.0198. The summed E-state index contributed by atoms with van der Waals surface area (Å²) >= 11 is 0. The first-order valence-corrected chi connectivity index (χ1v) is 7.59. The van der Waals surface area contributed by atoms with E-state index in [0.29, 0.717) is 18.2 Å². The topological polar surface area (TPSA) is 42.5 Å². The minimum Gasteiger partial charge on any atom is -0.349 e. The van der Waals surface area contributed by atoms with E-state index in [1.807, 2.05) is 18.2 Å². The molecule has 0 amide bonds. The van der Waals surface area contributed by atoms with E-state index in [4.69, 9.17) is 0 Å². The van der Waals surface area contributed by atoms with E-state index in [1.54, 1.807) is 16.7 Å². The van der Waals surface area contributed by atoms with Crippen molar-refractivity contribution in [1.29, 1.82) is 0 Å². The zero-order chi connectivity index (χ0) is 15.1. The highest BCUT2D eigenvalue weighted by atomic mass is 16.1. The van der Waals surface area contributed by atoms with E-state index >= 15 is 0 Å². The maximum Gasteiger partial charge on any atom is 0.258 e. The van der Waals surface area contributed by atoms with E-state index in [2.05, 4.69) is 39.7 Å². The molecule has 5 heteroatoms. The van der Waals surface area contributed by atoms with E-state index in [0.717, 1.165) is 18.8 Å². The van der Waals surface area contributed by atoms with Crippen molar-refractivity contribution in [1.82, 2.24) is 18.9 Å². The first kappa shape index (κ1) is 13.3. The van der Waals surface area contributed by atoms with Gasteiger partial charge in [-0.05, 0) is 31.2 Å². The van der Waals surface area contributed by atoms with Gasteiger partial charge in [-0.15, -0.1) is 0 Å². The number of rotatable bonds is 2. The summed E-state index contributed by atoms with van der Waals surface area (Å²) in [6.45, 7) is 4.86. The number of hydrogen-bond donors (Lipinski definition) is 0. The zero-order valence-electron chi connectivity index (χ0n) is 12.5. The lowest BCUT2D eigenvalue weighted by molar-refractivity contribution is 0.159. The highest BCUT2D eigenvalue weighted by Gasteiger charge is 2.23. The number of hydrogen-bond acceptors (Lipinski definition) is 3. The third kappa shape index (κ3) is 2.14. The van der Waals surface area contributed by atoms with Crippen LogP contribution in [0.2, 0.25) is 0 Å². The lowest BCUT2D eigenvalue weighted by atomic mass is 10.1. The number of nitrogens with zero attached hydrogens (tertiary/aromatic N) is 4. The van der Waals surface area contributed by atoms with E-state index in [-0.39, 0.29) is 5.56 Å². The molecule has 5 nitrogen and oxygen atoms in total. The van der Waals surface area contributed by atoms with Crippen LogP contribution in [0.3, 0.4) is 0 Å². The number of pyridine rings is 1. The van der Waals surface area contributed by atoms with Gasteiger partial charge in [0.05, 0.1) is 5.69 Å². The maximum atomic E-state index is 12.2. The third-order valence-electron chi connectivity index (χ3n) is 4.46. The molecule has 0 spiro atoms. The molecule has 1 aliphatic heterocycles. The van der Waals surface area contributed by atoms with Crippen molar-refractivity contribution in [2.24, 2.45) is 0 Å². The van der Waals surface area contributed by atoms with Gasteiger partial charge >= 0.3 is 0 Å². The normalized spacial score (nSPS) is 18.5. The lowest BCUT2D eigenvalue weighted by Crippen LogP contribution is -2.36. The summed E-state index contributed by atoms with van der Waals surface area (Å²) in [7, 11) is 0. The van der Waals surface area contributed by atoms with Gasteiger partial charge in [0.2, 0.25) is 0 Å². The van der Waals surface area contributed by atoms with Gasteiger partial charge in [-0.25, -0.2) is 4.98 Å². The Morgan fingerprint density at radius 2 is 2.09 bits per heavy atom. The number of fused-ring (bicyclic) bond motifs is 2. The summed E-state index contributed by atoms with van der Waals surface area (Å²) < 4.78 is 3.87. The summed E-state index contributed by atoms with van der Waals surface area (Å²) in [5, 5.41) is 0. The van der Waals surface area contributed by atoms with Crippen molar-refractivity contribution in [2.75, 3.05) is 6.54 Å². The van der Waals surface area contributed by atoms with Crippen molar-refractivity contribution < 1.29 is 0 Å². The van der Waals surface area contributed by atoms with Gasteiger partial charge in [0.25, 0.3) is 5.56 Å². The molecule has 112 valence electrons. The summed E-state index contributed by atoms with van der Waals surface area (Å²) in [4.78, 5) is 19.2. The van der Waals surface area contributed by atoms with E-state index < -0.39 is 0 Å². The largest absolute Gasteiger partial charge is 0.349 e. The van der Waals surface area contributed by atoms with Gasteiger partial charge in [-0.3, -0.25) is 14.1 Å². The van der Waals surface area contributed by atoms with Gasteiger partial charge < -0.3 is 4.57 Å². The van der Waals surface area contributed by atoms with Gasteiger partial charge in [-0.1, -0.05) is 6.07 Å². The van der Waals surface area contributed by atoms with Gasteiger partial charge in [0, 0.05) is 49.8 Å². The molecule has 1 atom stereocenters. The first-order valence-electron chi connectivity index (χ1n) is 7.59. The molecule has 3 aromatic rings. The third-order valence-corrected chi connectivity index (χ3v) is 4.46. The maximum absolute atomic E-state index is 12.2. The molecule has 0 saturated carbocycles. The van der Waals surface area contributed by atoms with Crippen LogP contribution in [-0.4, -0.2) is 25.4 Å². The molecule has 1 aliphatic rings. The summed E-state index contributed by atoms with van der Waals surface area (Å²) in [5.74, 6) is 0. The Morgan fingerprint density at radius 3 is 3.00 bits per heavy atom. The smallest absolute Gasteiger partial charge is 0.258 e.